The van der Waals surface area contributed by atoms with E-state index in [1.807, 2.05) is 0 Å². The molecule has 6 unspecified atom stereocenters. The maximum atomic E-state index is 13.0. The van der Waals surface area contributed by atoms with Gasteiger partial charge in [-0.1, -0.05) is 35.2 Å². The molecule has 0 radical (unpaired) electrons. The first-order valence-corrected chi connectivity index (χ1v) is 10.9. The highest BCUT2D eigenvalue weighted by molar-refractivity contribution is 9.10. The first-order chi connectivity index (χ1) is 10.9. The average Bonchev–Trinajstić information content (AvgIpc) is 3.11. The average molecular weight is 408 g/mol. The summed E-state index contributed by atoms with van der Waals surface area (Å²) < 4.78 is 39.1. The molecule has 3 saturated heterocycles. The third-order valence-electron chi connectivity index (χ3n) is 5.68. The Morgan fingerprint density at radius 3 is 2.65 bits per heavy atom. The Balaban J connectivity index is 1.64. The van der Waals surface area contributed by atoms with E-state index in [2.05, 4.69) is 15.9 Å². The minimum absolute atomic E-state index is 0.0364. The minimum atomic E-state index is -3.36. The van der Waals surface area contributed by atoms with Crippen LogP contribution in [0.5, 0.6) is 0 Å². The van der Waals surface area contributed by atoms with Crippen molar-refractivity contribution in [2.24, 2.45) is 0 Å². The number of nitrogens with zero attached hydrogens (tertiary/aromatic N) is 1. The number of halogens is 1. The van der Waals surface area contributed by atoms with Crippen LogP contribution in [-0.4, -0.2) is 59.2 Å². The van der Waals surface area contributed by atoms with Crippen LogP contribution in [0.15, 0.2) is 0 Å². The van der Waals surface area contributed by atoms with E-state index in [1.54, 1.807) is 11.2 Å². The van der Waals surface area contributed by atoms with Crippen LogP contribution < -0.4 is 0 Å². The van der Waals surface area contributed by atoms with Crippen LogP contribution in [0.4, 0.5) is 0 Å². The SMILES string of the molecule is CC(Br)C(=O)OC1C2CC3C(O2)C1N(C1CCCCC1)S3(=O)=O. The van der Waals surface area contributed by atoms with Crippen molar-refractivity contribution in [3.8, 4) is 0 Å². The number of esters is 1. The number of fused-ring (bicyclic) bond motifs is 1. The highest BCUT2D eigenvalue weighted by atomic mass is 79.9. The number of rotatable bonds is 3. The summed E-state index contributed by atoms with van der Waals surface area (Å²) in [6.45, 7) is 1.71. The number of carbonyl (C=O) groups is 1. The molecular formula is C15H22BrNO5S. The molecule has 0 N–H and O–H groups in total. The predicted molar refractivity (Wildman–Crippen MR) is 86.8 cm³/mol. The largest absolute Gasteiger partial charge is 0.457 e. The van der Waals surface area contributed by atoms with Gasteiger partial charge in [0.1, 0.15) is 16.2 Å². The molecule has 1 aliphatic carbocycles. The Hall–Kier alpha value is -0.180. The zero-order valence-corrected chi connectivity index (χ0v) is 15.5. The van der Waals surface area contributed by atoms with E-state index in [9.17, 15) is 13.2 Å². The molecule has 4 fully saturated rings. The lowest BCUT2D eigenvalue weighted by molar-refractivity contribution is -0.152. The van der Waals surface area contributed by atoms with Gasteiger partial charge in [-0.3, -0.25) is 4.79 Å². The molecule has 0 aromatic carbocycles. The Bertz CT molecular complexity index is 603. The topological polar surface area (TPSA) is 72.9 Å². The quantitative estimate of drug-likeness (QED) is 0.524. The summed E-state index contributed by atoms with van der Waals surface area (Å²) in [5, 5.41) is -0.448. The van der Waals surface area contributed by atoms with E-state index in [1.165, 1.54) is 6.42 Å². The summed E-state index contributed by atoms with van der Waals surface area (Å²) >= 11 is 3.22. The summed E-state index contributed by atoms with van der Waals surface area (Å²) in [5.74, 6) is -0.351. The smallest absolute Gasteiger partial charge is 0.319 e. The van der Waals surface area contributed by atoms with E-state index >= 15 is 0 Å². The predicted octanol–water partition coefficient (Wildman–Crippen LogP) is 1.57. The molecule has 6 atom stereocenters. The second kappa shape index (κ2) is 5.68. The first kappa shape index (κ1) is 16.3. The van der Waals surface area contributed by atoms with Crippen molar-refractivity contribution in [1.82, 2.24) is 4.31 Å². The van der Waals surface area contributed by atoms with Crippen LogP contribution in [0.25, 0.3) is 0 Å². The molecule has 2 bridgehead atoms. The normalized spacial score (nSPS) is 43.7. The highest BCUT2D eigenvalue weighted by Crippen LogP contribution is 2.51. The molecule has 130 valence electrons. The summed E-state index contributed by atoms with van der Waals surface area (Å²) in [4.78, 5) is 11.6. The van der Waals surface area contributed by atoms with Crippen LogP contribution in [0, 0.1) is 0 Å². The zero-order chi connectivity index (χ0) is 16.4. The number of carbonyl (C=O) groups excluding carboxylic acids is 1. The van der Waals surface area contributed by atoms with Crippen LogP contribution in [0.2, 0.25) is 0 Å². The van der Waals surface area contributed by atoms with Gasteiger partial charge in [0, 0.05) is 6.04 Å². The molecule has 3 heterocycles. The van der Waals surface area contributed by atoms with Crippen LogP contribution in [0.1, 0.15) is 45.4 Å². The fourth-order valence-corrected chi connectivity index (χ4v) is 7.32. The Morgan fingerprint density at radius 1 is 1.30 bits per heavy atom. The third kappa shape index (κ3) is 2.40. The van der Waals surface area contributed by atoms with Gasteiger partial charge in [0.15, 0.2) is 0 Å². The van der Waals surface area contributed by atoms with Gasteiger partial charge < -0.3 is 9.47 Å². The Labute approximate surface area is 145 Å². The fraction of sp³-hybridized carbons (Fsp3) is 0.933. The van der Waals surface area contributed by atoms with Crippen molar-refractivity contribution in [3.63, 3.8) is 0 Å². The van der Waals surface area contributed by atoms with Crippen LogP contribution >= 0.6 is 15.9 Å². The van der Waals surface area contributed by atoms with E-state index in [4.69, 9.17) is 9.47 Å². The molecular weight excluding hydrogens is 386 g/mol. The summed E-state index contributed by atoms with van der Waals surface area (Å²) in [6.07, 6.45) is 4.44. The lowest BCUT2D eigenvalue weighted by atomic mass is 9.89. The molecule has 3 aliphatic heterocycles. The molecule has 8 heteroatoms. The van der Waals surface area contributed by atoms with Gasteiger partial charge in [-0.25, -0.2) is 8.42 Å². The lowest BCUT2D eigenvalue weighted by Gasteiger charge is -2.35. The van der Waals surface area contributed by atoms with E-state index < -0.39 is 26.2 Å². The van der Waals surface area contributed by atoms with E-state index in [0.29, 0.717) is 6.42 Å². The molecule has 23 heavy (non-hydrogen) atoms. The van der Waals surface area contributed by atoms with Crippen molar-refractivity contribution in [1.29, 1.82) is 0 Å². The van der Waals surface area contributed by atoms with Gasteiger partial charge in [-0.05, 0) is 26.2 Å². The van der Waals surface area contributed by atoms with Crippen molar-refractivity contribution in [3.05, 3.63) is 0 Å². The molecule has 0 spiro atoms. The van der Waals surface area contributed by atoms with Crippen LogP contribution in [-0.2, 0) is 24.3 Å². The van der Waals surface area contributed by atoms with Crippen molar-refractivity contribution < 1.29 is 22.7 Å². The minimum Gasteiger partial charge on any atom is -0.457 e. The Kier molecular flexibility index (Phi) is 4.02. The van der Waals surface area contributed by atoms with Gasteiger partial charge in [0.2, 0.25) is 10.0 Å². The van der Waals surface area contributed by atoms with Gasteiger partial charge in [-0.15, -0.1) is 0 Å². The molecule has 0 amide bonds. The summed E-state index contributed by atoms with van der Waals surface area (Å²) in [6, 6.07) is -0.295. The van der Waals surface area contributed by atoms with Gasteiger partial charge in [0.05, 0.1) is 18.2 Å². The van der Waals surface area contributed by atoms with E-state index in [0.717, 1.165) is 25.7 Å². The maximum Gasteiger partial charge on any atom is 0.319 e. The molecule has 0 aromatic rings. The second-order valence-electron chi connectivity index (χ2n) is 7.09. The standard InChI is InChI=1S/C15H22BrNO5S/c1-8(16)15(18)22-13-10-7-11-14(21-10)12(13)17(23(11,19)20)9-5-3-2-4-6-9/h8-14H,2-7H2,1H3. The molecule has 4 aliphatic rings. The number of hydrogen-bond donors (Lipinski definition) is 0. The number of ether oxygens (including phenoxy) is 2. The van der Waals surface area contributed by atoms with Crippen molar-refractivity contribution in [2.75, 3.05) is 0 Å². The van der Waals surface area contributed by atoms with Gasteiger partial charge >= 0.3 is 5.97 Å². The number of hydrogen-bond acceptors (Lipinski definition) is 5. The summed E-state index contributed by atoms with van der Waals surface area (Å²) in [7, 11) is -3.36. The second-order valence-corrected chi connectivity index (χ2v) is 10.5. The third-order valence-corrected chi connectivity index (χ3v) is 8.41. The number of sulfonamides is 1. The van der Waals surface area contributed by atoms with E-state index in [-0.39, 0.29) is 30.3 Å². The van der Waals surface area contributed by atoms with Crippen LogP contribution in [0.3, 0.4) is 0 Å². The monoisotopic (exact) mass is 407 g/mol. The molecule has 1 saturated carbocycles. The lowest BCUT2D eigenvalue weighted by Crippen LogP contribution is -2.51. The fourth-order valence-electron chi connectivity index (χ4n) is 4.69. The Morgan fingerprint density at radius 2 is 2.00 bits per heavy atom. The zero-order valence-electron chi connectivity index (χ0n) is 13.1. The van der Waals surface area contributed by atoms with Gasteiger partial charge in [-0.2, -0.15) is 4.31 Å². The molecule has 6 nitrogen and oxygen atoms in total. The van der Waals surface area contributed by atoms with Crippen molar-refractivity contribution >= 4 is 31.9 Å². The number of alkyl halides is 1. The van der Waals surface area contributed by atoms with Crippen molar-refractivity contribution in [2.45, 2.75) is 85.9 Å². The molecule has 0 aromatic heterocycles. The maximum absolute atomic E-state index is 13.0. The summed E-state index contributed by atoms with van der Waals surface area (Å²) in [5.41, 5.74) is 0. The molecule has 4 rings (SSSR count). The highest BCUT2D eigenvalue weighted by Gasteiger charge is 2.70. The first-order valence-electron chi connectivity index (χ1n) is 8.43. The van der Waals surface area contributed by atoms with Gasteiger partial charge in [0.25, 0.3) is 0 Å².